The van der Waals surface area contributed by atoms with Crippen LogP contribution < -0.4 is 15.4 Å². The minimum atomic E-state index is -3.45. The summed E-state index contributed by atoms with van der Waals surface area (Å²) in [5.74, 6) is 1.08. The summed E-state index contributed by atoms with van der Waals surface area (Å²) >= 11 is 1.81. The molecule has 0 heterocycles. The van der Waals surface area contributed by atoms with Crippen molar-refractivity contribution in [1.82, 2.24) is 4.72 Å². The summed E-state index contributed by atoms with van der Waals surface area (Å²) in [5, 5.41) is 0. The highest BCUT2D eigenvalue weighted by Crippen LogP contribution is 2.27. The molecule has 1 aromatic carbocycles. The Bertz CT molecular complexity index is 547. The first-order valence-electron chi connectivity index (χ1n) is 6.38. The summed E-state index contributed by atoms with van der Waals surface area (Å²) < 4.78 is 25.7. The van der Waals surface area contributed by atoms with E-state index in [1.165, 1.54) is 13.1 Å². The van der Waals surface area contributed by atoms with Gasteiger partial charge in [0.15, 0.2) is 0 Å². The van der Waals surface area contributed by atoms with Gasteiger partial charge in [-0.15, -0.1) is 0 Å². The molecule has 0 amide bonds. The average molecular weight is 317 g/mol. The van der Waals surface area contributed by atoms with E-state index in [1.807, 2.05) is 18.8 Å². The third kappa shape index (κ3) is 4.04. The van der Waals surface area contributed by atoms with Gasteiger partial charge in [0.05, 0.1) is 16.3 Å². The number of hydrogen-bond acceptors (Lipinski definition) is 5. The maximum Gasteiger partial charge on any atom is 0.240 e. The van der Waals surface area contributed by atoms with Gasteiger partial charge in [-0.1, -0.05) is 0 Å². The highest BCUT2D eigenvalue weighted by atomic mass is 32.2. The summed E-state index contributed by atoms with van der Waals surface area (Å²) in [6, 6.07) is 5.18. The van der Waals surface area contributed by atoms with Gasteiger partial charge in [-0.2, -0.15) is 11.8 Å². The van der Waals surface area contributed by atoms with Crippen LogP contribution in [-0.2, 0) is 10.0 Å². The standard InChI is InChI=1S/C13H23N3O2S2/c1-10(7-8-19-4)16(3)13-6-5-11(9-12(13)14)20(17,18)15-2/h5-6,9-10,15H,7-8,14H2,1-4H3. The number of nitrogens with one attached hydrogen (secondary N) is 1. The van der Waals surface area contributed by atoms with Crippen LogP contribution in [0.3, 0.4) is 0 Å². The van der Waals surface area contributed by atoms with Crippen LogP contribution in [0.15, 0.2) is 23.1 Å². The van der Waals surface area contributed by atoms with Crippen molar-refractivity contribution in [2.45, 2.75) is 24.3 Å². The van der Waals surface area contributed by atoms with Gasteiger partial charge in [0.25, 0.3) is 0 Å². The molecule has 1 aromatic rings. The van der Waals surface area contributed by atoms with Gasteiger partial charge >= 0.3 is 0 Å². The lowest BCUT2D eigenvalue weighted by atomic mass is 10.2. The Kier molecular flexibility index (Phi) is 6.16. The number of rotatable bonds is 7. The van der Waals surface area contributed by atoms with Crippen molar-refractivity contribution in [2.24, 2.45) is 0 Å². The van der Waals surface area contributed by atoms with Crippen LogP contribution in [0.1, 0.15) is 13.3 Å². The first-order chi connectivity index (χ1) is 9.33. The van der Waals surface area contributed by atoms with Gasteiger partial charge in [0, 0.05) is 13.1 Å². The molecule has 0 bridgehead atoms. The highest BCUT2D eigenvalue weighted by molar-refractivity contribution is 7.98. The van der Waals surface area contributed by atoms with Crippen LogP contribution in [0.4, 0.5) is 11.4 Å². The highest BCUT2D eigenvalue weighted by Gasteiger charge is 2.16. The fourth-order valence-corrected chi connectivity index (χ4v) is 3.20. The smallest absolute Gasteiger partial charge is 0.240 e. The van der Waals surface area contributed by atoms with Crippen molar-refractivity contribution in [3.63, 3.8) is 0 Å². The van der Waals surface area contributed by atoms with Gasteiger partial charge in [0.1, 0.15) is 0 Å². The molecule has 0 aliphatic rings. The number of hydrogen-bond donors (Lipinski definition) is 2. The average Bonchev–Trinajstić information content (AvgIpc) is 2.43. The second kappa shape index (κ2) is 7.19. The summed E-state index contributed by atoms with van der Waals surface area (Å²) in [7, 11) is -0.0893. The number of nitrogen functional groups attached to an aromatic ring is 1. The van der Waals surface area contributed by atoms with Crippen molar-refractivity contribution in [3.8, 4) is 0 Å². The summed E-state index contributed by atoms with van der Waals surface area (Å²) in [6.07, 6.45) is 3.13. The zero-order valence-electron chi connectivity index (χ0n) is 12.4. The van der Waals surface area contributed by atoms with Crippen molar-refractivity contribution in [3.05, 3.63) is 18.2 Å². The molecule has 0 aromatic heterocycles. The molecule has 1 rings (SSSR count). The van der Waals surface area contributed by atoms with E-state index in [4.69, 9.17) is 5.73 Å². The minimum absolute atomic E-state index is 0.186. The number of nitrogens with two attached hydrogens (primary N) is 1. The lowest BCUT2D eigenvalue weighted by Gasteiger charge is -2.28. The largest absolute Gasteiger partial charge is 0.397 e. The van der Waals surface area contributed by atoms with E-state index in [2.05, 4.69) is 22.8 Å². The van der Waals surface area contributed by atoms with Crippen LogP contribution in [0, 0.1) is 0 Å². The lowest BCUT2D eigenvalue weighted by Crippen LogP contribution is -2.30. The van der Waals surface area contributed by atoms with Gasteiger partial charge in [-0.25, -0.2) is 13.1 Å². The van der Waals surface area contributed by atoms with E-state index in [9.17, 15) is 8.42 Å². The van der Waals surface area contributed by atoms with E-state index >= 15 is 0 Å². The monoisotopic (exact) mass is 317 g/mol. The SMILES string of the molecule is CNS(=O)(=O)c1ccc(N(C)C(C)CCSC)c(N)c1. The molecule has 0 aliphatic heterocycles. The molecule has 0 saturated heterocycles. The van der Waals surface area contributed by atoms with E-state index in [-0.39, 0.29) is 4.90 Å². The summed E-state index contributed by atoms with van der Waals surface area (Å²) in [4.78, 5) is 2.27. The minimum Gasteiger partial charge on any atom is -0.397 e. The normalized spacial score (nSPS) is 13.2. The van der Waals surface area contributed by atoms with Crippen LogP contribution in [-0.4, -0.2) is 40.6 Å². The van der Waals surface area contributed by atoms with E-state index in [0.717, 1.165) is 17.9 Å². The van der Waals surface area contributed by atoms with E-state index in [1.54, 1.807) is 12.1 Å². The van der Waals surface area contributed by atoms with Gasteiger partial charge in [0.2, 0.25) is 10.0 Å². The Labute approximate surface area is 126 Å². The molecule has 114 valence electrons. The van der Waals surface area contributed by atoms with Gasteiger partial charge < -0.3 is 10.6 Å². The second-order valence-corrected chi connectivity index (χ2v) is 7.54. The predicted octanol–water partition coefficient (Wildman–Crippen LogP) is 1.75. The van der Waals surface area contributed by atoms with Crippen LogP contribution in [0.25, 0.3) is 0 Å². The topological polar surface area (TPSA) is 75.4 Å². The Hall–Kier alpha value is -0.920. The number of thioether (sulfide) groups is 1. The number of benzene rings is 1. The lowest BCUT2D eigenvalue weighted by molar-refractivity contribution is 0.588. The molecule has 0 spiro atoms. The van der Waals surface area contributed by atoms with Crippen molar-refractivity contribution < 1.29 is 8.42 Å². The molecular formula is C13H23N3O2S2. The van der Waals surface area contributed by atoms with Gasteiger partial charge in [-0.05, 0) is 50.6 Å². The van der Waals surface area contributed by atoms with Crippen LogP contribution in [0.2, 0.25) is 0 Å². The quantitative estimate of drug-likeness (QED) is 0.750. The number of sulfonamides is 1. The van der Waals surface area contributed by atoms with E-state index in [0.29, 0.717) is 11.7 Å². The molecular weight excluding hydrogens is 294 g/mol. The number of nitrogens with zero attached hydrogens (tertiary/aromatic N) is 1. The summed E-state index contributed by atoms with van der Waals surface area (Å²) in [6.45, 7) is 2.13. The molecule has 0 saturated carbocycles. The molecule has 20 heavy (non-hydrogen) atoms. The first kappa shape index (κ1) is 17.1. The van der Waals surface area contributed by atoms with Crippen molar-refractivity contribution in [1.29, 1.82) is 0 Å². The molecule has 0 fully saturated rings. The van der Waals surface area contributed by atoms with Crippen molar-refractivity contribution >= 4 is 33.2 Å². The third-order valence-corrected chi connectivity index (χ3v) is 5.41. The maximum absolute atomic E-state index is 11.7. The predicted molar refractivity (Wildman–Crippen MR) is 88.0 cm³/mol. The molecule has 3 N–H and O–H groups in total. The summed E-state index contributed by atoms with van der Waals surface area (Å²) in [5.41, 5.74) is 7.33. The number of anilines is 2. The zero-order chi connectivity index (χ0) is 15.3. The second-order valence-electron chi connectivity index (χ2n) is 4.67. The van der Waals surface area contributed by atoms with Crippen LogP contribution >= 0.6 is 11.8 Å². The molecule has 0 aliphatic carbocycles. The Balaban J connectivity index is 2.99. The third-order valence-electron chi connectivity index (χ3n) is 3.36. The molecule has 7 heteroatoms. The fourth-order valence-electron chi connectivity index (χ4n) is 1.86. The Morgan fingerprint density at radius 3 is 2.60 bits per heavy atom. The zero-order valence-corrected chi connectivity index (χ0v) is 14.0. The Morgan fingerprint density at radius 2 is 2.10 bits per heavy atom. The van der Waals surface area contributed by atoms with Gasteiger partial charge in [-0.3, -0.25) is 0 Å². The van der Waals surface area contributed by atoms with Crippen LogP contribution in [0.5, 0.6) is 0 Å². The van der Waals surface area contributed by atoms with Crippen molar-refractivity contribution in [2.75, 3.05) is 36.7 Å². The molecule has 0 radical (unpaired) electrons. The molecule has 1 unspecified atom stereocenters. The van der Waals surface area contributed by atoms with E-state index < -0.39 is 10.0 Å². The first-order valence-corrected chi connectivity index (χ1v) is 9.26. The Morgan fingerprint density at radius 1 is 1.45 bits per heavy atom. The molecule has 1 atom stereocenters. The maximum atomic E-state index is 11.7. The fraction of sp³-hybridized carbons (Fsp3) is 0.538. The molecule has 5 nitrogen and oxygen atoms in total.